The van der Waals surface area contributed by atoms with E-state index in [1.165, 1.54) is 0 Å². The van der Waals surface area contributed by atoms with Crippen LogP contribution in [0, 0.1) is 6.57 Å². The van der Waals surface area contributed by atoms with E-state index in [1.807, 2.05) is 18.2 Å². The topological polar surface area (TPSA) is 66.7 Å². The van der Waals surface area contributed by atoms with E-state index in [4.69, 9.17) is 22.9 Å². The first-order valence-electron chi connectivity index (χ1n) is 7.95. The van der Waals surface area contributed by atoms with E-state index in [0.717, 1.165) is 35.3 Å². The number of aromatic nitrogens is 1. The molecule has 2 aromatic carbocycles. The molecular formula is C19H13ClN2O3S. The Balaban J connectivity index is 1.62. The van der Waals surface area contributed by atoms with Gasteiger partial charge in [-0.3, -0.25) is 9.78 Å². The number of ether oxygens (including phenoxy) is 1. The molecule has 0 spiro atoms. The molecule has 0 aliphatic heterocycles. The molecule has 4 rings (SSSR count). The van der Waals surface area contributed by atoms with Crippen LogP contribution >= 0.6 is 22.9 Å². The van der Waals surface area contributed by atoms with Gasteiger partial charge in [0.05, 0.1) is 16.5 Å². The number of aromatic hydroxyl groups is 1. The van der Waals surface area contributed by atoms with Gasteiger partial charge in [-0.25, -0.2) is 4.85 Å². The molecule has 1 aromatic heterocycles. The minimum atomic E-state index is -0.247. The largest absolute Gasteiger partial charge is 0.494 e. The summed E-state index contributed by atoms with van der Waals surface area (Å²) in [5.74, 6) is 1.14. The molecule has 1 aliphatic rings. The molecule has 130 valence electrons. The molecule has 1 atom stereocenters. The van der Waals surface area contributed by atoms with Crippen molar-refractivity contribution >= 4 is 28.6 Å². The van der Waals surface area contributed by atoms with Crippen LogP contribution in [-0.2, 0) is 6.42 Å². The lowest BCUT2D eigenvalue weighted by Gasteiger charge is -2.12. The molecule has 1 heterocycles. The quantitative estimate of drug-likeness (QED) is 0.608. The molecule has 0 bridgehead atoms. The predicted octanol–water partition coefficient (Wildman–Crippen LogP) is 5.22. The highest BCUT2D eigenvalue weighted by atomic mass is 35.5. The lowest BCUT2D eigenvalue weighted by molar-refractivity contribution is 0.447. The number of rotatable bonds is 3. The van der Waals surface area contributed by atoms with E-state index in [2.05, 4.69) is 9.83 Å². The van der Waals surface area contributed by atoms with E-state index in [1.54, 1.807) is 18.2 Å². The van der Waals surface area contributed by atoms with Crippen molar-refractivity contribution in [1.82, 2.24) is 4.98 Å². The minimum Gasteiger partial charge on any atom is -0.494 e. The van der Waals surface area contributed by atoms with Gasteiger partial charge in [0.15, 0.2) is 5.69 Å². The maximum Gasteiger partial charge on any atom is 0.307 e. The number of nitrogens with zero attached hydrogens (tertiary/aromatic N) is 1. The van der Waals surface area contributed by atoms with Crippen LogP contribution in [0.2, 0.25) is 5.02 Å². The molecule has 26 heavy (non-hydrogen) atoms. The molecule has 0 fully saturated rings. The summed E-state index contributed by atoms with van der Waals surface area (Å²) in [6.07, 6.45) is 1.67. The predicted molar refractivity (Wildman–Crippen MR) is 101 cm³/mol. The zero-order valence-corrected chi connectivity index (χ0v) is 15.0. The monoisotopic (exact) mass is 384 g/mol. The summed E-state index contributed by atoms with van der Waals surface area (Å²) in [6, 6.07) is 10.7. The van der Waals surface area contributed by atoms with Crippen molar-refractivity contribution in [3.63, 3.8) is 0 Å². The second kappa shape index (κ2) is 6.52. The average Bonchev–Trinajstić information content (AvgIpc) is 3.18. The molecule has 1 aliphatic carbocycles. The van der Waals surface area contributed by atoms with Gasteiger partial charge < -0.3 is 9.84 Å². The first-order chi connectivity index (χ1) is 12.5. The van der Waals surface area contributed by atoms with E-state index in [9.17, 15) is 9.90 Å². The summed E-state index contributed by atoms with van der Waals surface area (Å²) >= 11 is 7.22. The van der Waals surface area contributed by atoms with Crippen molar-refractivity contribution in [3.8, 4) is 17.4 Å². The number of benzene rings is 2. The molecule has 0 radical (unpaired) electrons. The fourth-order valence-electron chi connectivity index (χ4n) is 3.27. The fourth-order valence-corrected chi connectivity index (χ4v) is 4.36. The Morgan fingerprint density at radius 3 is 2.85 bits per heavy atom. The number of aromatic amines is 1. The summed E-state index contributed by atoms with van der Waals surface area (Å²) in [4.78, 5) is 17.7. The number of halogens is 1. The van der Waals surface area contributed by atoms with E-state index in [0.29, 0.717) is 27.1 Å². The van der Waals surface area contributed by atoms with Crippen LogP contribution in [0.25, 0.3) is 4.85 Å². The van der Waals surface area contributed by atoms with E-state index < -0.39 is 0 Å². The van der Waals surface area contributed by atoms with Gasteiger partial charge >= 0.3 is 4.87 Å². The summed E-state index contributed by atoms with van der Waals surface area (Å²) in [5, 5.41) is 10.3. The lowest BCUT2D eigenvalue weighted by Crippen LogP contribution is -1.94. The van der Waals surface area contributed by atoms with Gasteiger partial charge in [-0.1, -0.05) is 35.1 Å². The Labute approximate surface area is 158 Å². The smallest absolute Gasteiger partial charge is 0.307 e. The number of hydrogen-bond acceptors (Lipinski definition) is 4. The molecule has 0 saturated carbocycles. The summed E-state index contributed by atoms with van der Waals surface area (Å²) in [7, 11) is 0. The average molecular weight is 385 g/mol. The van der Waals surface area contributed by atoms with Gasteiger partial charge in [0.1, 0.15) is 11.5 Å². The Kier molecular flexibility index (Phi) is 4.19. The number of H-pyrrole nitrogens is 1. The molecule has 3 aromatic rings. The maximum absolute atomic E-state index is 11.5. The van der Waals surface area contributed by atoms with E-state index >= 15 is 0 Å². The number of fused-ring (bicyclic) bond motifs is 1. The maximum atomic E-state index is 11.5. The van der Waals surface area contributed by atoms with Crippen LogP contribution in [0.15, 0.2) is 41.2 Å². The number of thiazole rings is 1. The van der Waals surface area contributed by atoms with Crippen LogP contribution in [-0.4, -0.2) is 10.1 Å². The Morgan fingerprint density at radius 1 is 1.31 bits per heavy atom. The van der Waals surface area contributed by atoms with Gasteiger partial charge in [0.25, 0.3) is 0 Å². The Morgan fingerprint density at radius 2 is 2.15 bits per heavy atom. The second-order valence-corrected chi connectivity index (χ2v) is 7.43. The molecule has 0 saturated heterocycles. The van der Waals surface area contributed by atoms with Crippen molar-refractivity contribution < 1.29 is 9.84 Å². The van der Waals surface area contributed by atoms with Gasteiger partial charge in [-0.15, -0.1) is 0 Å². The molecule has 7 heteroatoms. The molecule has 5 nitrogen and oxygen atoms in total. The normalized spacial score (nSPS) is 15.5. The summed E-state index contributed by atoms with van der Waals surface area (Å²) in [5.41, 5.74) is 2.68. The van der Waals surface area contributed by atoms with Gasteiger partial charge in [-0.2, -0.15) is 0 Å². The molecule has 2 N–H and O–H groups in total. The van der Waals surface area contributed by atoms with Crippen molar-refractivity contribution in [3.05, 3.63) is 78.5 Å². The molecule has 0 unspecified atom stereocenters. The van der Waals surface area contributed by atoms with Crippen LogP contribution in [0.1, 0.15) is 28.3 Å². The highest BCUT2D eigenvalue weighted by Gasteiger charge is 2.28. The highest BCUT2D eigenvalue weighted by molar-refractivity contribution is 7.09. The van der Waals surface area contributed by atoms with E-state index in [-0.39, 0.29) is 16.7 Å². The number of aryl methyl sites for hydroxylation is 1. The van der Waals surface area contributed by atoms with Crippen LogP contribution in [0.3, 0.4) is 0 Å². The second-order valence-electron chi connectivity index (χ2n) is 6.01. The number of nitrogens with one attached hydrogen (secondary N) is 1. The third kappa shape index (κ3) is 2.96. The van der Waals surface area contributed by atoms with Crippen LogP contribution in [0.5, 0.6) is 17.4 Å². The third-order valence-corrected chi connectivity index (χ3v) is 5.72. The fraction of sp³-hybridized carbons (Fsp3) is 0.158. The van der Waals surface area contributed by atoms with Crippen LogP contribution in [0.4, 0.5) is 5.69 Å². The zero-order chi connectivity index (χ0) is 18.3. The molecular weight excluding hydrogens is 372 g/mol. The zero-order valence-electron chi connectivity index (χ0n) is 13.5. The van der Waals surface area contributed by atoms with Gasteiger partial charge in [0.2, 0.25) is 5.88 Å². The van der Waals surface area contributed by atoms with Crippen molar-refractivity contribution in [2.45, 2.75) is 18.8 Å². The Bertz CT molecular complexity index is 1100. The number of hydrogen-bond donors (Lipinski definition) is 2. The van der Waals surface area contributed by atoms with Crippen molar-refractivity contribution in [2.24, 2.45) is 0 Å². The standard InChI is InChI=1S/C19H13ClN2O3S/c1-21-11-3-7-16(15(20)9-11)25-12-4-6-13-10(8-12)2-5-14(13)17-18(23)22-19(24)26-17/h3-4,6-9,14,23H,2,5H2,(H,22,24)/t14-/m1/s1. The summed E-state index contributed by atoms with van der Waals surface area (Å²) in [6.45, 7) is 7.01. The van der Waals surface area contributed by atoms with Crippen molar-refractivity contribution in [2.75, 3.05) is 0 Å². The van der Waals surface area contributed by atoms with Crippen molar-refractivity contribution in [1.29, 1.82) is 0 Å². The molecule has 0 amide bonds. The first kappa shape index (κ1) is 16.7. The van der Waals surface area contributed by atoms with Gasteiger partial charge in [0, 0.05) is 5.92 Å². The third-order valence-electron chi connectivity index (χ3n) is 4.44. The minimum absolute atomic E-state index is 0.0181. The van der Waals surface area contributed by atoms with Gasteiger partial charge in [-0.05, 0) is 48.2 Å². The lowest BCUT2D eigenvalue weighted by atomic mass is 10.00. The summed E-state index contributed by atoms with van der Waals surface area (Å²) < 4.78 is 5.86. The first-order valence-corrected chi connectivity index (χ1v) is 9.14. The SMILES string of the molecule is [C-]#[N+]c1ccc(Oc2ccc3c(c2)CC[C@H]3c2sc(=O)[nH]c2O)c(Cl)c1. The Hall–Kier alpha value is -2.75. The highest BCUT2D eigenvalue weighted by Crippen LogP contribution is 2.43. The van der Waals surface area contributed by atoms with Crippen LogP contribution < -0.4 is 9.61 Å².